The van der Waals surface area contributed by atoms with E-state index in [2.05, 4.69) is 17.4 Å². The van der Waals surface area contributed by atoms with Gasteiger partial charge in [0.05, 0.1) is 4.58 Å². The van der Waals surface area contributed by atoms with E-state index in [1.54, 1.807) is 6.92 Å². The number of ether oxygens (including phenoxy) is 1. The van der Waals surface area contributed by atoms with Crippen LogP contribution in [0.1, 0.15) is 29.1 Å². The molecule has 132 valence electrons. The molecular weight excluding hydrogens is 350 g/mol. The first-order valence-electron chi connectivity index (χ1n) is 8.49. The molecule has 25 heavy (non-hydrogen) atoms. The second-order valence-corrected chi connectivity index (χ2v) is 8.84. The number of hydrogen-bond acceptors (Lipinski definition) is 4. The molecule has 0 aliphatic carbocycles. The molecule has 1 aliphatic heterocycles. The number of anilines is 1. The van der Waals surface area contributed by atoms with Gasteiger partial charge < -0.3 is 10.1 Å². The first-order valence-corrected chi connectivity index (χ1v) is 10.6. The quantitative estimate of drug-likeness (QED) is 0.775. The first-order chi connectivity index (χ1) is 12.1. The standard InChI is InChI=1S/C20H23NO2S2/c1-14-7-9-18(10-8-14)23-15(2)19(22)21-17-6-3-5-16(13-17)20-24-11-4-12-25-20/h3,5-10,13,15,20H,4,11-12H2,1-2H3,(H,21,22). The Balaban J connectivity index is 1.60. The summed E-state index contributed by atoms with van der Waals surface area (Å²) < 4.78 is 6.19. The molecule has 2 aromatic carbocycles. The monoisotopic (exact) mass is 373 g/mol. The highest BCUT2D eigenvalue weighted by Gasteiger charge is 2.18. The third kappa shape index (κ3) is 5.19. The van der Waals surface area contributed by atoms with Gasteiger partial charge in [0.25, 0.3) is 5.91 Å². The Morgan fingerprint density at radius 1 is 1.16 bits per heavy atom. The predicted octanol–water partition coefficient (Wildman–Crippen LogP) is 5.27. The predicted molar refractivity (Wildman–Crippen MR) is 109 cm³/mol. The van der Waals surface area contributed by atoms with E-state index in [9.17, 15) is 4.79 Å². The Hall–Kier alpha value is -1.59. The molecule has 2 aromatic rings. The first kappa shape index (κ1) is 18.2. The largest absolute Gasteiger partial charge is 0.481 e. The fraction of sp³-hybridized carbons (Fsp3) is 0.350. The molecule has 1 N–H and O–H groups in total. The maximum atomic E-state index is 12.4. The minimum atomic E-state index is -0.551. The maximum absolute atomic E-state index is 12.4. The van der Waals surface area contributed by atoms with Gasteiger partial charge >= 0.3 is 0 Å². The van der Waals surface area contributed by atoms with Gasteiger partial charge in [-0.15, -0.1) is 23.5 Å². The molecule has 3 nitrogen and oxygen atoms in total. The summed E-state index contributed by atoms with van der Waals surface area (Å²) in [6.45, 7) is 3.79. The minimum Gasteiger partial charge on any atom is -0.481 e. The molecule has 0 radical (unpaired) electrons. The molecule has 1 atom stereocenters. The zero-order valence-corrected chi connectivity index (χ0v) is 16.2. The highest BCUT2D eigenvalue weighted by Crippen LogP contribution is 2.44. The lowest BCUT2D eigenvalue weighted by atomic mass is 10.2. The van der Waals surface area contributed by atoms with Crippen LogP contribution in [-0.4, -0.2) is 23.5 Å². The van der Waals surface area contributed by atoms with Crippen molar-refractivity contribution >= 4 is 35.1 Å². The van der Waals surface area contributed by atoms with Crippen LogP contribution in [-0.2, 0) is 4.79 Å². The summed E-state index contributed by atoms with van der Waals surface area (Å²) in [7, 11) is 0. The van der Waals surface area contributed by atoms with Crippen LogP contribution >= 0.6 is 23.5 Å². The molecule has 0 saturated carbocycles. The normalized spacial score (nSPS) is 16.2. The lowest BCUT2D eigenvalue weighted by molar-refractivity contribution is -0.122. The van der Waals surface area contributed by atoms with E-state index in [0.717, 1.165) is 5.69 Å². The summed E-state index contributed by atoms with van der Waals surface area (Å²) in [6, 6.07) is 15.9. The van der Waals surface area contributed by atoms with E-state index in [4.69, 9.17) is 4.74 Å². The molecule has 0 bridgehead atoms. The summed E-state index contributed by atoms with van der Waals surface area (Å²) in [6.07, 6.45) is 0.723. The molecule has 1 amide bonds. The van der Waals surface area contributed by atoms with Crippen LogP contribution < -0.4 is 10.1 Å². The fourth-order valence-corrected chi connectivity index (χ4v) is 5.43. The zero-order chi connectivity index (χ0) is 17.6. The molecule has 1 fully saturated rings. The number of amides is 1. The third-order valence-electron chi connectivity index (χ3n) is 3.96. The minimum absolute atomic E-state index is 0.137. The number of rotatable bonds is 5. The van der Waals surface area contributed by atoms with Crippen LogP contribution in [0.5, 0.6) is 5.75 Å². The van der Waals surface area contributed by atoms with Crippen molar-refractivity contribution in [3.8, 4) is 5.75 Å². The number of carbonyl (C=O) groups excluding carboxylic acids is 1. The van der Waals surface area contributed by atoms with Crippen molar-refractivity contribution in [1.82, 2.24) is 0 Å². The fourth-order valence-electron chi connectivity index (χ4n) is 2.56. The van der Waals surface area contributed by atoms with Crippen molar-refractivity contribution in [1.29, 1.82) is 0 Å². The van der Waals surface area contributed by atoms with Crippen LogP contribution in [0.15, 0.2) is 48.5 Å². The summed E-state index contributed by atoms with van der Waals surface area (Å²) in [4.78, 5) is 12.4. The highest BCUT2D eigenvalue weighted by atomic mass is 32.2. The van der Waals surface area contributed by atoms with Gasteiger partial charge in [-0.1, -0.05) is 29.8 Å². The second kappa shape index (κ2) is 8.68. The van der Waals surface area contributed by atoms with Crippen LogP contribution in [0.25, 0.3) is 0 Å². The Kier molecular flexibility index (Phi) is 6.32. The van der Waals surface area contributed by atoms with Crippen LogP contribution in [0.4, 0.5) is 5.69 Å². The zero-order valence-electron chi connectivity index (χ0n) is 14.5. The highest BCUT2D eigenvalue weighted by molar-refractivity contribution is 8.16. The van der Waals surface area contributed by atoms with Crippen molar-refractivity contribution in [2.45, 2.75) is 31.0 Å². The molecule has 5 heteroatoms. The van der Waals surface area contributed by atoms with Gasteiger partial charge in [-0.2, -0.15) is 0 Å². The number of thioether (sulfide) groups is 2. The molecule has 1 aliphatic rings. The summed E-state index contributed by atoms with van der Waals surface area (Å²) >= 11 is 3.96. The van der Waals surface area contributed by atoms with Crippen LogP contribution in [0.2, 0.25) is 0 Å². The SMILES string of the molecule is Cc1ccc(OC(C)C(=O)Nc2cccc(C3SCCCS3)c2)cc1. The summed E-state index contributed by atoms with van der Waals surface area (Å²) in [5.41, 5.74) is 3.26. The molecule has 1 saturated heterocycles. The third-order valence-corrected chi connectivity index (χ3v) is 6.97. The van der Waals surface area contributed by atoms with Gasteiger partial charge in [-0.3, -0.25) is 4.79 Å². The van der Waals surface area contributed by atoms with Gasteiger partial charge in [0.2, 0.25) is 0 Å². The Labute approximate surface area is 157 Å². The number of hydrogen-bond donors (Lipinski definition) is 1. The number of carbonyl (C=O) groups is 1. The number of nitrogens with one attached hydrogen (secondary N) is 1. The van der Waals surface area contributed by atoms with Crippen LogP contribution in [0.3, 0.4) is 0 Å². The average molecular weight is 374 g/mol. The van der Waals surface area contributed by atoms with Gasteiger partial charge in [0.1, 0.15) is 5.75 Å². The van der Waals surface area contributed by atoms with Gasteiger partial charge in [-0.05, 0) is 61.6 Å². The molecule has 0 aromatic heterocycles. The second-order valence-electron chi connectivity index (χ2n) is 6.11. The molecule has 3 rings (SSSR count). The molecule has 1 heterocycles. The van der Waals surface area contributed by atoms with Gasteiger partial charge in [0.15, 0.2) is 6.10 Å². The molecular formula is C20H23NO2S2. The van der Waals surface area contributed by atoms with Crippen molar-refractivity contribution in [2.24, 2.45) is 0 Å². The Bertz CT molecular complexity index is 712. The van der Waals surface area contributed by atoms with Crippen LogP contribution in [0, 0.1) is 6.92 Å². The van der Waals surface area contributed by atoms with Crippen molar-refractivity contribution < 1.29 is 9.53 Å². The molecule has 0 spiro atoms. The number of benzene rings is 2. The lowest BCUT2D eigenvalue weighted by Gasteiger charge is -2.22. The van der Waals surface area contributed by atoms with E-state index in [0.29, 0.717) is 10.3 Å². The van der Waals surface area contributed by atoms with E-state index in [-0.39, 0.29) is 5.91 Å². The Morgan fingerprint density at radius 3 is 2.60 bits per heavy atom. The Morgan fingerprint density at radius 2 is 1.88 bits per heavy atom. The molecule has 1 unspecified atom stereocenters. The topological polar surface area (TPSA) is 38.3 Å². The smallest absolute Gasteiger partial charge is 0.265 e. The van der Waals surface area contributed by atoms with Crippen molar-refractivity contribution in [2.75, 3.05) is 16.8 Å². The van der Waals surface area contributed by atoms with Gasteiger partial charge in [0, 0.05) is 5.69 Å². The maximum Gasteiger partial charge on any atom is 0.265 e. The summed E-state index contributed by atoms with van der Waals surface area (Å²) in [5.74, 6) is 2.98. The van der Waals surface area contributed by atoms with Crippen molar-refractivity contribution in [3.63, 3.8) is 0 Å². The number of aryl methyl sites for hydroxylation is 1. The van der Waals surface area contributed by atoms with E-state index in [1.165, 1.54) is 29.1 Å². The van der Waals surface area contributed by atoms with E-state index in [1.807, 2.05) is 66.8 Å². The van der Waals surface area contributed by atoms with Gasteiger partial charge in [-0.25, -0.2) is 0 Å². The summed E-state index contributed by atoms with van der Waals surface area (Å²) in [5, 5.41) is 2.97. The average Bonchev–Trinajstić information content (AvgIpc) is 2.64. The van der Waals surface area contributed by atoms with Crippen molar-refractivity contribution in [3.05, 3.63) is 59.7 Å². The van der Waals surface area contributed by atoms with E-state index < -0.39 is 6.10 Å². The van der Waals surface area contributed by atoms with E-state index >= 15 is 0 Å². The lowest BCUT2D eigenvalue weighted by Crippen LogP contribution is -2.30.